The number of carbonyl (C=O) groups excluding carboxylic acids is 1. The summed E-state index contributed by atoms with van der Waals surface area (Å²) < 4.78 is 10.5. The van der Waals surface area contributed by atoms with Crippen LogP contribution in [0.1, 0.15) is 31.1 Å². The topological polar surface area (TPSA) is 55.8 Å². The Balaban J connectivity index is 3.25. The highest BCUT2D eigenvalue weighted by Crippen LogP contribution is 2.35. The van der Waals surface area contributed by atoms with Gasteiger partial charge in [-0.1, -0.05) is 13.8 Å². The highest BCUT2D eigenvalue weighted by molar-refractivity contribution is 5.86. The molecule has 0 aliphatic heterocycles. The van der Waals surface area contributed by atoms with Crippen molar-refractivity contribution in [3.63, 3.8) is 0 Å². The Morgan fingerprint density at radius 3 is 2.28 bits per heavy atom. The summed E-state index contributed by atoms with van der Waals surface area (Å²) >= 11 is 0. The van der Waals surface area contributed by atoms with Crippen molar-refractivity contribution in [2.75, 3.05) is 14.2 Å². The molecule has 4 nitrogen and oxygen atoms in total. The van der Waals surface area contributed by atoms with Crippen LogP contribution in [0.25, 0.3) is 0 Å². The van der Waals surface area contributed by atoms with E-state index in [1.54, 1.807) is 33.1 Å². The molecular formula is C14H20O4. The lowest BCUT2D eigenvalue weighted by Gasteiger charge is -2.18. The van der Waals surface area contributed by atoms with Crippen molar-refractivity contribution >= 4 is 5.78 Å². The first-order valence-corrected chi connectivity index (χ1v) is 5.87. The lowest BCUT2D eigenvalue weighted by Crippen LogP contribution is -2.18. The van der Waals surface area contributed by atoms with Crippen LogP contribution in [-0.4, -0.2) is 25.1 Å². The molecule has 1 rings (SSSR count). The molecule has 0 heterocycles. The van der Waals surface area contributed by atoms with E-state index >= 15 is 0 Å². The molecule has 18 heavy (non-hydrogen) atoms. The van der Waals surface area contributed by atoms with E-state index in [1.165, 1.54) is 7.11 Å². The number of hydrogen-bond donors (Lipinski definition) is 1. The molecule has 0 saturated heterocycles. The summed E-state index contributed by atoms with van der Waals surface area (Å²) in [7, 11) is 3.08. The van der Waals surface area contributed by atoms with Gasteiger partial charge in [0, 0.05) is 17.0 Å². The minimum Gasteiger partial charge on any atom is -0.496 e. The predicted molar refractivity (Wildman–Crippen MR) is 69.1 cm³/mol. The third kappa shape index (κ3) is 2.64. The van der Waals surface area contributed by atoms with E-state index < -0.39 is 6.10 Å². The smallest absolute Gasteiger partial charge is 0.168 e. The Hall–Kier alpha value is -1.55. The summed E-state index contributed by atoms with van der Waals surface area (Å²) in [5.74, 6) is 0.709. The van der Waals surface area contributed by atoms with Gasteiger partial charge in [0.2, 0.25) is 0 Å². The molecule has 0 bridgehead atoms. The van der Waals surface area contributed by atoms with E-state index in [0.29, 0.717) is 17.1 Å². The molecule has 0 aromatic heterocycles. The molecule has 1 atom stereocenters. The van der Waals surface area contributed by atoms with Crippen LogP contribution >= 0.6 is 0 Å². The van der Waals surface area contributed by atoms with Gasteiger partial charge in [-0.25, -0.2) is 0 Å². The summed E-state index contributed by atoms with van der Waals surface area (Å²) in [6, 6.07) is 3.39. The van der Waals surface area contributed by atoms with Crippen molar-refractivity contribution in [2.45, 2.75) is 26.9 Å². The zero-order chi connectivity index (χ0) is 13.9. The van der Waals surface area contributed by atoms with Crippen LogP contribution in [0.5, 0.6) is 11.5 Å². The lowest BCUT2D eigenvalue weighted by atomic mass is 9.95. The van der Waals surface area contributed by atoms with Crippen LogP contribution in [0, 0.1) is 12.8 Å². The zero-order valence-electron chi connectivity index (χ0n) is 11.5. The number of Topliss-reactive ketones (excluding diaryl/α,β-unsaturated/α-hetero) is 1. The number of carbonyl (C=O) groups is 1. The number of aliphatic hydroxyl groups excluding tert-OH is 1. The Bertz CT molecular complexity index is 438. The molecule has 100 valence electrons. The molecule has 0 radical (unpaired) electrons. The van der Waals surface area contributed by atoms with Crippen LogP contribution < -0.4 is 9.47 Å². The van der Waals surface area contributed by atoms with Gasteiger partial charge >= 0.3 is 0 Å². The summed E-state index contributed by atoms with van der Waals surface area (Å²) in [5.41, 5.74) is 1.25. The van der Waals surface area contributed by atoms with Crippen molar-refractivity contribution in [1.29, 1.82) is 0 Å². The average molecular weight is 252 g/mol. The SMILES string of the molecule is COc1ccc(C(O)C(=O)C(C)C)c(OC)c1C. The molecule has 0 aliphatic rings. The normalized spacial score (nSPS) is 12.4. The van der Waals surface area contributed by atoms with E-state index in [0.717, 1.165) is 5.56 Å². The Labute approximate surface area is 108 Å². The van der Waals surface area contributed by atoms with Crippen LogP contribution in [0.3, 0.4) is 0 Å². The van der Waals surface area contributed by atoms with Gasteiger partial charge in [0.1, 0.15) is 17.6 Å². The highest BCUT2D eigenvalue weighted by atomic mass is 16.5. The molecule has 1 aromatic carbocycles. The van der Waals surface area contributed by atoms with Gasteiger partial charge in [-0.2, -0.15) is 0 Å². The third-order valence-electron chi connectivity index (χ3n) is 2.94. The maximum Gasteiger partial charge on any atom is 0.168 e. The number of benzene rings is 1. The van der Waals surface area contributed by atoms with Gasteiger partial charge in [-0.3, -0.25) is 4.79 Å². The average Bonchev–Trinajstić information content (AvgIpc) is 2.36. The summed E-state index contributed by atoms with van der Waals surface area (Å²) in [4.78, 5) is 11.8. The minimum atomic E-state index is -1.16. The zero-order valence-corrected chi connectivity index (χ0v) is 11.5. The van der Waals surface area contributed by atoms with Gasteiger partial charge in [0.15, 0.2) is 5.78 Å². The van der Waals surface area contributed by atoms with Crippen molar-refractivity contribution in [1.82, 2.24) is 0 Å². The molecule has 0 aliphatic carbocycles. The van der Waals surface area contributed by atoms with Crippen molar-refractivity contribution < 1.29 is 19.4 Å². The fourth-order valence-corrected chi connectivity index (χ4v) is 1.87. The number of aliphatic hydroxyl groups is 1. The van der Waals surface area contributed by atoms with Crippen molar-refractivity contribution in [2.24, 2.45) is 5.92 Å². The molecule has 0 spiro atoms. The van der Waals surface area contributed by atoms with Crippen molar-refractivity contribution in [3.05, 3.63) is 23.3 Å². The number of ether oxygens (including phenoxy) is 2. The standard InChI is InChI=1S/C14H20O4/c1-8(2)12(15)13(16)10-6-7-11(17-4)9(3)14(10)18-5/h6-8,13,16H,1-5H3. The van der Waals surface area contributed by atoms with Gasteiger partial charge in [0.25, 0.3) is 0 Å². The fraction of sp³-hybridized carbons (Fsp3) is 0.500. The maximum absolute atomic E-state index is 11.8. The van der Waals surface area contributed by atoms with Gasteiger partial charge in [-0.15, -0.1) is 0 Å². The highest BCUT2D eigenvalue weighted by Gasteiger charge is 2.25. The first kappa shape index (κ1) is 14.5. The molecule has 0 amide bonds. The summed E-state index contributed by atoms with van der Waals surface area (Å²) in [6.07, 6.45) is -1.16. The second-order valence-corrected chi connectivity index (χ2v) is 4.47. The molecular weight excluding hydrogens is 232 g/mol. The van der Waals surface area contributed by atoms with E-state index in [9.17, 15) is 9.90 Å². The molecule has 1 N–H and O–H groups in total. The second kappa shape index (κ2) is 5.87. The lowest BCUT2D eigenvalue weighted by molar-refractivity contribution is -0.130. The Morgan fingerprint density at radius 1 is 1.22 bits per heavy atom. The molecule has 4 heteroatoms. The monoisotopic (exact) mass is 252 g/mol. The van der Waals surface area contributed by atoms with E-state index in [1.807, 2.05) is 6.92 Å². The van der Waals surface area contributed by atoms with E-state index in [2.05, 4.69) is 0 Å². The molecule has 0 fully saturated rings. The Kier molecular flexibility index (Phi) is 4.73. The molecule has 1 unspecified atom stereocenters. The first-order valence-electron chi connectivity index (χ1n) is 5.87. The van der Waals surface area contributed by atoms with E-state index in [4.69, 9.17) is 9.47 Å². The summed E-state index contributed by atoms with van der Waals surface area (Å²) in [5, 5.41) is 10.1. The Morgan fingerprint density at radius 2 is 1.83 bits per heavy atom. The maximum atomic E-state index is 11.8. The van der Waals surface area contributed by atoms with Gasteiger partial charge < -0.3 is 14.6 Å². The fourth-order valence-electron chi connectivity index (χ4n) is 1.87. The van der Waals surface area contributed by atoms with Crippen LogP contribution in [-0.2, 0) is 4.79 Å². The van der Waals surface area contributed by atoms with Crippen molar-refractivity contribution in [3.8, 4) is 11.5 Å². The number of hydrogen-bond acceptors (Lipinski definition) is 4. The number of methoxy groups -OCH3 is 2. The number of rotatable bonds is 5. The molecule has 0 saturated carbocycles. The van der Waals surface area contributed by atoms with Crippen LogP contribution in [0.15, 0.2) is 12.1 Å². The van der Waals surface area contributed by atoms with E-state index in [-0.39, 0.29) is 11.7 Å². The predicted octanol–water partition coefficient (Wildman–Crippen LogP) is 2.27. The minimum absolute atomic E-state index is 0.224. The number of ketones is 1. The van der Waals surface area contributed by atoms with Gasteiger partial charge in [-0.05, 0) is 19.1 Å². The second-order valence-electron chi connectivity index (χ2n) is 4.47. The van der Waals surface area contributed by atoms with Crippen LogP contribution in [0.2, 0.25) is 0 Å². The largest absolute Gasteiger partial charge is 0.496 e. The van der Waals surface area contributed by atoms with Gasteiger partial charge in [0.05, 0.1) is 14.2 Å². The first-order chi connectivity index (χ1) is 8.43. The molecule has 1 aromatic rings. The third-order valence-corrected chi connectivity index (χ3v) is 2.94. The van der Waals surface area contributed by atoms with Crippen LogP contribution in [0.4, 0.5) is 0 Å². The quantitative estimate of drug-likeness (QED) is 0.873. The summed E-state index contributed by atoms with van der Waals surface area (Å²) in [6.45, 7) is 5.34.